The van der Waals surface area contributed by atoms with Crippen LogP contribution in [0.2, 0.25) is 0 Å². The number of hydrogen-bond acceptors (Lipinski definition) is 4. The molecule has 4 nitrogen and oxygen atoms in total. The van der Waals surface area contributed by atoms with Gasteiger partial charge in [0, 0.05) is 18.3 Å². The summed E-state index contributed by atoms with van der Waals surface area (Å²) in [6, 6.07) is 0. The van der Waals surface area contributed by atoms with Crippen LogP contribution in [0, 0.1) is 0 Å². The van der Waals surface area contributed by atoms with Crippen LogP contribution in [-0.4, -0.2) is 11.3 Å². The van der Waals surface area contributed by atoms with E-state index in [4.69, 9.17) is 11.5 Å². The average molecular weight is 201 g/mol. The molecule has 0 aliphatic rings. The van der Waals surface area contributed by atoms with E-state index in [1.54, 1.807) is 0 Å². The van der Waals surface area contributed by atoms with E-state index in [1.807, 2.05) is 0 Å². The summed E-state index contributed by atoms with van der Waals surface area (Å²) in [4.78, 5) is 14.1. The molecule has 0 atom stereocenters. The van der Waals surface area contributed by atoms with Crippen molar-refractivity contribution in [2.24, 2.45) is 5.73 Å². The smallest absolute Gasteiger partial charge is 0.265 e. The Bertz CT molecular complexity index is 355. The normalized spacial score (nSPS) is 10.6. The molecular formula is C8H9F2N3O. The van der Waals surface area contributed by atoms with Gasteiger partial charge in [-0.15, -0.1) is 0 Å². The first kappa shape index (κ1) is 10.5. The number of carbonyl (C=O) groups is 1. The number of hydrogen-bond donors (Lipinski definition) is 2. The second-order valence-corrected chi connectivity index (χ2v) is 2.62. The van der Waals surface area contributed by atoms with Crippen molar-refractivity contribution in [2.45, 2.75) is 13.0 Å². The minimum absolute atomic E-state index is 0.103. The van der Waals surface area contributed by atoms with Crippen LogP contribution in [0.4, 0.5) is 14.6 Å². The van der Waals surface area contributed by atoms with E-state index in [0.29, 0.717) is 0 Å². The highest BCUT2D eigenvalue weighted by Gasteiger charge is 2.19. The minimum atomic E-state index is -2.78. The minimum Gasteiger partial charge on any atom is -0.383 e. The summed E-state index contributed by atoms with van der Waals surface area (Å²) in [6.45, 7) is -0.103. The largest absolute Gasteiger partial charge is 0.383 e. The third-order valence-electron chi connectivity index (χ3n) is 1.83. The second-order valence-electron chi connectivity index (χ2n) is 2.62. The first-order valence-corrected chi connectivity index (χ1v) is 3.82. The van der Waals surface area contributed by atoms with Crippen LogP contribution in [0.5, 0.6) is 0 Å². The summed E-state index contributed by atoms with van der Waals surface area (Å²) in [5.41, 5.74) is 9.95. The lowest BCUT2D eigenvalue weighted by molar-refractivity contribution is 0.110. The monoisotopic (exact) mass is 201 g/mol. The van der Waals surface area contributed by atoms with Gasteiger partial charge in [-0.3, -0.25) is 4.79 Å². The van der Waals surface area contributed by atoms with Crippen molar-refractivity contribution in [1.82, 2.24) is 4.98 Å². The number of anilines is 1. The van der Waals surface area contributed by atoms with Crippen LogP contribution in [-0.2, 0) is 6.54 Å². The number of aromatic nitrogens is 1. The fraction of sp³-hybridized carbons (Fsp3) is 0.250. The van der Waals surface area contributed by atoms with Crippen molar-refractivity contribution in [3.63, 3.8) is 0 Å². The molecule has 6 heteroatoms. The van der Waals surface area contributed by atoms with E-state index in [9.17, 15) is 13.6 Å². The van der Waals surface area contributed by atoms with Crippen LogP contribution in [0.25, 0.3) is 0 Å². The Balaban J connectivity index is 3.43. The Morgan fingerprint density at radius 1 is 1.57 bits per heavy atom. The van der Waals surface area contributed by atoms with E-state index in [0.717, 1.165) is 6.20 Å². The van der Waals surface area contributed by atoms with Crippen molar-refractivity contribution in [3.8, 4) is 0 Å². The maximum atomic E-state index is 12.5. The van der Waals surface area contributed by atoms with E-state index in [1.165, 1.54) is 0 Å². The molecule has 1 aromatic rings. The molecule has 0 saturated heterocycles. The lowest BCUT2D eigenvalue weighted by atomic mass is 10.0. The molecule has 0 unspecified atom stereocenters. The number of alkyl halides is 2. The molecule has 0 aliphatic heterocycles. The molecule has 14 heavy (non-hydrogen) atoms. The maximum absolute atomic E-state index is 12.5. The fourth-order valence-electron chi connectivity index (χ4n) is 1.14. The third-order valence-corrected chi connectivity index (χ3v) is 1.83. The van der Waals surface area contributed by atoms with Gasteiger partial charge >= 0.3 is 0 Å². The molecule has 0 radical (unpaired) electrons. The van der Waals surface area contributed by atoms with E-state index in [2.05, 4.69) is 4.98 Å². The number of rotatable bonds is 3. The van der Waals surface area contributed by atoms with Crippen LogP contribution in [0.3, 0.4) is 0 Å². The first-order chi connectivity index (χ1) is 6.61. The zero-order valence-electron chi connectivity index (χ0n) is 7.21. The summed E-state index contributed by atoms with van der Waals surface area (Å²) >= 11 is 0. The number of nitrogens with zero attached hydrogens (tertiary/aromatic N) is 1. The van der Waals surface area contributed by atoms with Gasteiger partial charge in [0.15, 0.2) is 6.29 Å². The van der Waals surface area contributed by atoms with E-state index >= 15 is 0 Å². The number of carbonyl (C=O) groups excluding carboxylic acids is 1. The highest BCUT2D eigenvalue weighted by atomic mass is 19.3. The van der Waals surface area contributed by atoms with Crippen LogP contribution < -0.4 is 11.5 Å². The molecule has 0 aromatic carbocycles. The Hall–Kier alpha value is -1.56. The highest BCUT2D eigenvalue weighted by molar-refractivity contribution is 5.84. The van der Waals surface area contributed by atoms with Gasteiger partial charge in [0.25, 0.3) is 6.43 Å². The van der Waals surface area contributed by atoms with Gasteiger partial charge < -0.3 is 11.5 Å². The highest BCUT2D eigenvalue weighted by Crippen LogP contribution is 2.27. The summed E-state index contributed by atoms with van der Waals surface area (Å²) in [5.74, 6) is -0.201. The molecule has 0 aliphatic carbocycles. The summed E-state index contributed by atoms with van der Waals surface area (Å²) in [5, 5.41) is 0. The molecule has 1 aromatic heterocycles. The maximum Gasteiger partial charge on any atom is 0.265 e. The fourth-order valence-corrected chi connectivity index (χ4v) is 1.14. The molecule has 4 N–H and O–H groups in total. The third kappa shape index (κ3) is 1.69. The predicted molar refractivity (Wildman–Crippen MR) is 46.9 cm³/mol. The average Bonchev–Trinajstić information content (AvgIpc) is 2.17. The quantitative estimate of drug-likeness (QED) is 0.711. The zero-order valence-corrected chi connectivity index (χ0v) is 7.21. The molecule has 76 valence electrons. The van der Waals surface area contributed by atoms with E-state index in [-0.39, 0.29) is 29.8 Å². The van der Waals surface area contributed by atoms with Gasteiger partial charge in [-0.05, 0) is 5.56 Å². The van der Waals surface area contributed by atoms with Crippen molar-refractivity contribution < 1.29 is 13.6 Å². The molecule has 1 rings (SSSR count). The molecule has 0 amide bonds. The topological polar surface area (TPSA) is 82.0 Å². The number of nitrogens with two attached hydrogens (primary N) is 2. The molecule has 0 saturated carbocycles. The SMILES string of the molecule is NCc1cnc(N)c(C=O)c1C(F)F. The molecule has 0 bridgehead atoms. The lowest BCUT2D eigenvalue weighted by Crippen LogP contribution is -2.09. The van der Waals surface area contributed by atoms with Crippen LogP contribution in [0.15, 0.2) is 6.20 Å². The van der Waals surface area contributed by atoms with Gasteiger partial charge in [-0.2, -0.15) is 0 Å². The molecule has 0 spiro atoms. The van der Waals surface area contributed by atoms with Crippen LogP contribution in [0.1, 0.15) is 27.9 Å². The Morgan fingerprint density at radius 3 is 2.64 bits per heavy atom. The predicted octanol–water partition coefficient (Wildman–Crippen LogP) is 0.873. The van der Waals surface area contributed by atoms with Gasteiger partial charge in [-0.1, -0.05) is 0 Å². The Morgan fingerprint density at radius 2 is 2.21 bits per heavy atom. The van der Waals surface area contributed by atoms with Gasteiger partial charge in [0.05, 0.1) is 5.56 Å². The number of nitrogen functional groups attached to an aromatic ring is 1. The van der Waals surface area contributed by atoms with Crippen molar-refractivity contribution in [2.75, 3.05) is 5.73 Å². The van der Waals surface area contributed by atoms with Crippen molar-refractivity contribution in [3.05, 3.63) is 22.9 Å². The summed E-state index contributed by atoms with van der Waals surface area (Å²) in [7, 11) is 0. The number of aldehydes is 1. The first-order valence-electron chi connectivity index (χ1n) is 3.82. The zero-order chi connectivity index (χ0) is 10.7. The van der Waals surface area contributed by atoms with Crippen molar-refractivity contribution >= 4 is 12.1 Å². The van der Waals surface area contributed by atoms with Gasteiger partial charge in [0.2, 0.25) is 0 Å². The van der Waals surface area contributed by atoms with E-state index < -0.39 is 12.0 Å². The summed E-state index contributed by atoms with van der Waals surface area (Å²) < 4.78 is 25.1. The van der Waals surface area contributed by atoms with Gasteiger partial charge in [-0.25, -0.2) is 13.8 Å². The number of halogens is 2. The molecular weight excluding hydrogens is 192 g/mol. The second kappa shape index (κ2) is 4.10. The van der Waals surface area contributed by atoms with Crippen molar-refractivity contribution in [1.29, 1.82) is 0 Å². The Kier molecular flexibility index (Phi) is 3.08. The Labute approximate surface area is 78.9 Å². The van der Waals surface area contributed by atoms with Crippen LogP contribution >= 0.6 is 0 Å². The molecule has 1 heterocycles. The van der Waals surface area contributed by atoms with Gasteiger partial charge in [0.1, 0.15) is 5.82 Å². The number of pyridine rings is 1. The molecule has 0 fully saturated rings. The lowest BCUT2D eigenvalue weighted by Gasteiger charge is -2.10. The summed E-state index contributed by atoms with van der Waals surface area (Å²) in [6.07, 6.45) is -1.36. The standard InChI is InChI=1S/C8H9F2N3O/c9-7(10)6-4(1-11)2-13-8(12)5(6)3-14/h2-3,7H,1,11H2,(H2,12,13).